The lowest BCUT2D eigenvalue weighted by Gasteiger charge is -2.24. The summed E-state index contributed by atoms with van der Waals surface area (Å²) >= 11 is 5.97. The lowest BCUT2D eigenvalue weighted by Crippen LogP contribution is -2.49. The molecule has 0 aliphatic carbocycles. The third-order valence-corrected chi connectivity index (χ3v) is 4.72. The molecule has 17 heavy (non-hydrogen) atoms. The second-order valence-electron chi connectivity index (χ2n) is 4.56. The summed E-state index contributed by atoms with van der Waals surface area (Å²) in [5.41, 5.74) is 0. The highest BCUT2D eigenvalue weighted by molar-refractivity contribution is 8.00. The molecule has 1 fully saturated rings. The van der Waals surface area contributed by atoms with Crippen LogP contribution in [0.5, 0.6) is 0 Å². The number of carbonyl (C=O) groups excluding carboxylic acids is 2. The van der Waals surface area contributed by atoms with Crippen molar-refractivity contribution >= 4 is 36.2 Å². The van der Waals surface area contributed by atoms with Crippen molar-refractivity contribution in [1.82, 2.24) is 10.6 Å². The first-order chi connectivity index (χ1) is 7.97. The van der Waals surface area contributed by atoms with Crippen molar-refractivity contribution in [2.24, 2.45) is 0 Å². The predicted molar refractivity (Wildman–Crippen MR) is 74.6 cm³/mol. The van der Waals surface area contributed by atoms with E-state index in [-0.39, 0.29) is 16.6 Å². The molecule has 1 saturated heterocycles. The van der Waals surface area contributed by atoms with Crippen molar-refractivity contribution in [3.8, 4) is 0 Å². The molecule has 0 aromatic heterocycles. The van der Waals surface area contributed by atoms with E-state index in [4.69, 9.17) is 0 Å². The molecule has 1 rings (SSSR count). The quantitative estimate of drug-likeness (QED) is 0.652. The van der Waals surface area contributed by atoms with Crippen LogP contribution in [0.3, 0.4) is 0 Å². The van der Waals surface area contributed by atoms with Gasteiger partial charge in [-0.05, 0) is 25.5 Å². The third kappa shape index (κ3) is 4.79. The Kier molecular flexibility index (Phi) is 5.66. The Bertz CT molecular complexity index is 291. The lowest BCUT2D eigenvalue weighted by molar-refractivity contribution is -0.127. The van der Waals surface area contributed by atoms with Gasteiger partial charge in [0.1, 0.15) is 6.04 Å². The molecule has 2 N–H and O–H groups in total. The number of rotatable bonds is 5. The summed E-state index contributed by atoms with van der Waals surface area (Å²) in [5, 5.41) is 5.48. The molecule has 4 nitrogen and oxygen atoms in total. The van der Waals surface area contributed by atoms with Crippen LogP contribution in [0, 0.1) is 0 Å². The zero-order valence-corrected chi connectivity index (χ0v) is 12.0. The average Bonchev–Trinajstić information content (AvgIpc) is 2.70. The maximum absolute atomic E-state index is 11.8. The fraction of sp³-hybridized carbons (Fsp3) is 0.818. The van der Waals surface area contributed by atoms with Gasteiger partial charge in [-0.3, -0.25) is 9.59 Å². The van der Waals surface area contributed by atoms with Gasteiger partial charge in [0.2, 0.25) is 11.8 Å². The largest absolute Gasteiger partial charge is 0.353 e. The number of nitrogens with one attached hydrogen (secondary N) is 2. The molecule has 98 valence electrons. The first-order valence-electron chi connectivity index (χ1n) is 5.76. The van der Waals surface area contributed by atoms with E-state index in [1.165, 1.54) is 13.3 Å². The monoisotopic (exact) mass is 276 g/mol. The molecule has 6 heteroatoms. The average molecular weight is 276 g/mol. The van der Waals surface area contributed by atoms with Crippen molar-refractivity contribution in [3.63, 3.8) is 0 Å². The molecular weight excluding hydrogens is 256 g/mol. The number of thioether (sulfide) groups is 1. The van der Waals surface area contributed by atoms with Gasteiger partial charge in [-0.25, -0.2) is 0 Å². The number of hydrogen-bond acceptors (Lipinski definition) is 4. The summed E-state index contributed by atoms with van der Waals surface area (Å²) in [7, 11) is 0. The molecule has 0 aromatic rings. The molecule has 0 radical (unpaired) electrons. The first-order valence-corrected chi connectivity index (χ1v) is 7.38. The van der Waals surface area contributed by atoms with Gasteiger partial charge in [-0.1, -0.05) is 0 Å². The van der Waals surface area contributed by atoms with Crippen LogP contribution in [0.1, 0.15) is 26.7 Å². The van der Waals surface area contributed by atoms with E-state index in [2.05, 4.69) is 30.2 Å². The molecule has 0 saturated carbocycles. The fourth-order valence-electron chi connectivity index (χ4n) is 1.81. The van der Waals surface area contributed by atoms with Crippen molar-refractivity contribution < 1.29 is 9.59 Å². The molecule has 2 unspecified atom stereocenters. The van der Waals surface area contributed by atoms with Crippen LogP contribution in [0.2, 0.25) is 0 Å². The number of thiol groups is 1. The molecule has 1 aliphatic rings. The van der Waals surface area contributed by atoms with Crippen LogP contribution in [0.4, 0.5) is 0 Å². The Labute approximate surface area is 112 Å². The normalized spacial score (nSPS) is 25.4. The third-order valence-electron chi connectivity index (χ3n) is 2.81. The van der Waals surface area contributed by atoms with Gasteiger partial charge in [-0.2, -0.15) is 24.4 Å². The smallest absolute Gasteiger partial charge is 0.243 e. The summed E-state index contributed by atoms with van der Waals surface area (Å²) in [6, 6.07) is -0.536. The maximum Gasteiger partial charge on any atom is 0.243 e. The second-order valence-corrected chi connectivity index (χ2v) is 6.60. The molecule has 2 atom stereocenters. The Hall–Kier alpha value is -0.360. The van der Waals surface area contributed by atoms with E-state index in [1.54, 1.807) is 0 Å². The summed E-state index contributed by atoms with van der Waals surface area (Å²) in [5.74, 6) is 1.12. The van der Waals surface area contributed by atoms with Gasteiger partial charge in [0.25, 0.3) is 0 Å². The van der Waals surface area contributed by atoms with Crippen molar-refractivity contribution in [2.75, 3.05) is 18.1 Å². The van der Waals surface area contributed by atoms with Gasteiger partial charge in [0.15, 0.2) is 0 Å². The summed E-state index contributed by atoms with van der Waals surface area (Å²) in [4.78, 5) is 22.7. The first kappa shape index (κ1) is 14.7. The highest BCUT2D eigenvalue weighted by Crippen LogP contribution is 2.36. The van der Waals surface area contributed by atoms with Crippen LogP contribution in [-0.4, -0.2) is 40.7 Å². The minimum Gasteiger partial charge on any atom is -0.353 e. The van der Waals surface area contributed by atoms with E-state index in [0.29, 0.717) is 12.3 Å². The van der Waals surface area contributed by atoms with Gasteiger partial charge in [0.05, 0.1) is 0 Å². The van der Waals surface area contributed by atoms with Crippen LogP contribution in [0.15, 0.2) is 0 Å². The van der Waals surface area contributed by atoms with Crippen molar-refractivity contribution in [1.29, 1.82) is 0 Å². The van der Waals surface area contributed by atoms with Crippen LogP contribution >= 0.6 is 24.4 Å². The summed E-state index contributed by atoms with van der Waals surface area (Å²) < 4.78 is 0.146. The predicted octanol–water partition coefficient (Wildman–Crippen LogP) is 0.823. The second kappa shape index (κ2) is 6.54. The molecular formula is C11H20N2O2S2. The van der Waals surface area contributed by atoms with Crippen molar-refractivity contribution in [3.05, 3.63) is 0 Å². The van der Waals surface area contributed by atoms with Gasteiger partial charge in [-0.15, -0.1) is 0 Å². The molecule has 0 bridgehead atoms. The van der Waals surface area contributed by atoms with E-state index in [1.807, 2.05) is 11.8 Å². The molecule has 1 aliphatic heterocycles. The van der Waals surface area contributed by atoms with E-state index < -0.39 is 6.04 Å². The Balaban J connectivity index is 2.39. The summed E-state index contributed by atoms with van der Waals surface area (Å²) in [6.07, 6.45) is 2.34. The Morgan fingerprint density at radius 2 is 2.24 bits per heavy atom. The summed E-state index contributed by atoms with van der Waals surface area (Å²) in [6.45, 7) is 4.22. The highest BCUT2D eigenvalue weighted by atomic mass is 32.2. The molecule has 1 heterocycles. The van der Waals surface area contributed by atoms with E-state index >= 15 is 0 Å². The molecule has 0 aromatic carbocycles. The van der Waals surface area contributed by atoms with Gasteiger partial charge in [0, 0.05) is 24.0 Å². The molecule has 0 spiro atoms. The minimum absolute atomic E-state index is 0.146. The van der Waals surface area contributed by atoms with Gasteiger partial charge >= 0.3 is 0 Å². The number of hydrogen-bond donors (Lipinski definition) is 3. The number of carbonyl (C=O) groups is 2. The van der Waals surface area contributed by atoms with Gasteiger partial charge < -0.3 is 10.6 Å². The highest BCUT2D eigenvalue weighted by Gasteiger charge is 2.30. The Morgan fingerprint density at radius 1 is 1.53 bits per heavy atom. The lowest BCUT2D eigenvalue weighted by atomic mass is 10.1. The van der Waals surface area contributed by atoms with Crippen molar-refractivity contribution in [2.45, 2.75) is 37.5 Å². The van der Waals surface area contributed by atoms with E-state index in [0.717, 1.165) is 12.2 Å². The maximum atomic E-state index is 11.8. The Morgan fingerprint density at radius 3 is 2.71 bits per heavy atom. The minimum atomic E-state index is -0.536. The van der Waals surface area contributed by atoms with Crippen LogP contribution < -0.4 is 10.6 Å². The van der Waals surface area contributed by atoms with Crippen LogP contribution in [-0.2, 0) is 9.59 Å². The topological polar surface area (TPSA) is 58.2 Å². The zero-order valence-electron chi connectivity index (χ0n) is 10.3. The molecule has 2 amide bonds. The number of amides is 2. The fourth-order valence-corrected chi connectivity index (χ4v) is 3.31. The zero-order chi connectivity index (χ0) is 12.9. The standard InChI is InChI=1S/C11H20N2O2S2/c1-8(14)13-9(6-16)10(15)12-7-11(2)4-3-5-17-11/h9,16H,3-7H2,1-2H3,(H,12,15)(H,13,14). The van der Waals surface area contributed by atoms with Crippen LogP contribution in [0.25, 0.3) is 0 Å². The SMILES string of the molecule is CC(=O)NC(CS)C(=O)NCC1(C)CCCS1. The van der Waals surface area contributed by atoms with E-state index in [9.17, 15) is 9.59 Å².